The molecule has 4 aliphatic carbocycles. The molecule has 4 bridgehead atoms. The lowest BCUT2D eigenvalue weighted by Gasteiger charge is -2.59. The number of anilines is 1. The number of nitrogens with zero attached hydrogens (tertiary/aromatic N) is 2. The first-order valence-corrected chi connectivity index (χ1v) is 12.2. The Morgan fingerprint density at radius 2 is 2.03 bits per heavy atom. The largest absolute Gasteiger partial charge is 0.348 e. The summed E-state index contributed by atoms with van der Waals surface area (Å²) in [6.45, 7) is 7.53. The minimum absolute atomic E-state index is 0.147. The Bertz CT molecular complexity index is 947. The van der Waals surface area contributed by atoms with E-state index < -0.39 is 0 Å². The maximum absolute atomic E-state index is 13.4. The fourth-order valence-electron chi connectivity index (χ4n) is 6.73. The summed E-state index contributed by atoms with van der Waals surface area (Å²) in [5.41, 5.74) is 4.35. The Morgan fingerprint density at radius 3 is 2.69 bits per heavy atom. The number of rotatable bonds is 5. The van der Waals surface area contributed by atoms with Gasteiger partial charge >= 0.3 is 0 Å². The van der Waals surface area contributed by atoms with Crippen molar-refractivity contribution in [3.05, 3.63) is 22.8 Å². The zero-order chi connectivity index (χ0) is 20.4. The summed E-state index contributed by atoms with van der Waals surface area (Å²) in [7, 11) is 0. The van der Waals surface area contributed by atoms with Crippen LogP contribution in [0, 0.1) is 31.1 Å². The molecule has 2 heterocycles. The Labute approximate surface area is 182 Å². The summed E-state index contributed by atoms with van der Waals surface area (Å²) >= 11 is 8.44. The molecule has 2 aromatic heterocycles. The molecule has 2 unspecified atom stereocenters. The zero-order valence-electron chi connectivity index (χ0n) is 17.6. The second kappa shape index (κ2) is 6.84. The van der Waals surface area contributed by atoms with Crippen molar-refractivity contribution in [3.63, 3.8) is 0 Å². The predicted octanol–water partition coefficient (Wildman–Crippen LogP) is 6.15. The summed E-state index contributed by atoms with van der Waals surface area (Å²) in [4.78, 5) is 18.0. The van der Waals surface area contributed by atoms with Gasteiger partial charge in [-0.3, -0.25) is 4.79 Å². The van der Waals surface area contributed by atoms with Gasteiger partial charge in [0.2, 0.25) is 5.91 Å². The normalized spacial score (nSPS) is 32.7. The molecule has 6 rings (SSSR count). The Kier molecular flexibility index (Phi) is 4.63. The maximum atomic E-state index is 13.4. The second-order valence-electron chi connectivity index (χ2n) is 9.82. The second-order valence-corrected chi connectivity index (χ2v) is 11.5. The highest BCUT2D eigenvalue weighted by Gasteiger charge is 2.60. The van der Waals surface area contributed by atoms with E-state index in [0.29, 0.717) is 17.0 Å². The van der Waals surface area contributed by atoms with Gasteiger partial charge in [0, 0.05) is 33.8 Å². The lowest BCUT2D eigenvalue weighted by molar-refractivity contribution is -0.138. The molecule has 4 fully saturated rings. The third-order valence-electron chi connectivity index (χ3n) is 7.49. The van der Waals surface area contributed by atoms with Crippen molar-refractivity contribution >= 4 is 34.0 Å². The van der Waals surface area contributed by atoms with Crippen LogP contribution in [-0.4, -0.2) is 20.3 Å². The van der Waals surface area contributed by atoms with E-state index in [0.717, 1.165) is 50.8 Å². The van der Waals surface area contributed by atoms with E-state index in [9.17, 15) is 4.79 Å². The Hall–Kier alpha value is -1.33. The number of hydrogen-bond acceptors (Lipinski definition) is 3. The fraction of sp³-hybridized carbons (Fsp3) is 0.652. The number of thiazole rings is 1. The first kappa shape index (κ1) is 19.6. The number of hydrogen-bond donors (Lipinski definition) is 1. The standard InChI is InChI=1S/C23H30ClN3OS/c1-4-5-27-14(2)6-18(15(27)3)19-12-29-21(25-19)26-20(28)22-8-16-7-17(9-22)11-23(24,10-16)13-22/h6,12,16-17H,4-5,7-11,13H2,1-3H3,(H,25,26,28). The average Bonchev–Trinajstić information content (AvgIpc) is 3.19. The summed E-state index contributed by atoms with van der Waals surface area (Å²) in [5, 5.41) is 5.95. The van der Waals surface area contributed by atoms with Crippen LogP contribution in [-0.2, 0) is 11.3 Å². The first-order valence-electron chi connectivity index (χ1n) is 10.9. The summed E-state index contributed by atoms with van der Waals surface area (Å²) in [6.07, 6.45) is 7.39. The number of amides is 1. The summed E-state index contributed by atoms with van der Waals surface area (Å²) in [6, 6.07) is 2.21. The molecule has 1 amide bonds. The highest BCUT2D eigenvalue weighted by molar-refractivity contribution is 7.14. The van der Waals surface area contributed by atoms with Gasteiger partial charge in [-0.25, -0.2) is 4.98 Å². The van der Waals surface area contributed by atoms with Gasteiger partial charge in [0.15, 0.2) is 5.13 Å². The van der Waals surface area contributed by atoms with Crippen LogP contribution in [0.1, 0.15) is 63.3 Å². The minimum atomic E-state index is -0.283. The number of aryl methyl sites for hydroxylation is 1. The van der Waals surface area contributed by atoms with Crippen LogP contribution in [0.2, 0.25) is 0 Å². The molecule has 0 saturated heterocycles. The molecule has 2 atom stereocenters. The highest BCUT2D eigenvalue weighted by Crippen LogP contribution is 2.64. The average molecular weight is 432 g/mol. The van der Waals surface area contributed by atoms with Crippen LogP contribution in [0.3, 0.4) is 0 Å². The maximum Gasteiger partial charge on any atom is 0.232 e. The molecule has 6 heteroatoms. The molecule has 0 aromatic carbocycles. The van der Waals surface area contributed by atoms with Gasteiger partial charge in [-0.05, 0) is 76.7 Å². The van der Waals surface area contributed by atoms with Gasteiger partial charge in [0.05, 0.1) is 11.1 Å². The van der Waals surface area contributed by atoms with Crippen molar-refractivity contribution in [1.82, 2.24) is 9.55 Å². The van der Waals surface area contributed by atoms with Gasteiger partial charge in [0.25, 0.3) is 0 Å². The molecular formula is C23H30ClN3OS. The van der Waals surface area contributed by atoms with Crippen LogP contribution in [0.15, 0.2) is 11.4 Å². The van der Waals surface area contributed by atoms with E-state index in [1.165, 1.54) is 34.7 Å². The minimum Gasteiger partial charge on any atom is -0.348 e. The van der Waals surface area contributed by atoms with E-state index in [4.69, 9.17) is 16.6 Å². The van der Waals surface area contributed by atoms with E-state index in [1.54, 1.807) is 0 Å². The van der Waals surface area contributed by atoms with Crippen LogP contribution in [0.25, 0.3) is 11.3 Å². The van der Waals surface area contributed by atoms with E-state index >= 15 is 0 Å². The van der Waals surface area contributed by atoms with Gasteiger partial charge in [-0.15, -0.1) is 22.9 Å². The van der Waals surface area contributed by atoms with Crippen molar-refractivity contribution in [1.29, 1.82) is 0 Å². The van der Waals surface area contributed by atoms with Crippen LogP contribution >= 0.6 is 22.9 Å². The molecule has 2 aromatic rings. The molecule has 0 aliphatic heterocycles. The highest BCUT2D eigenvalue weighted by atomic mass is 35.5. The Morgan fingerprint density at radius 1 is 1.31 bits per heavy atom. The number of carbonyl (C=O) groups is 1. The third-order valence-corrected chi connectivity index (χ3v) is 8.69. The molecule has 156 valence electrons. The van der Waals surface area contributed by atoms with Gasteiger partial charge < -0.3 is 9.88 Å². The molecule has 4 nitrogen and oxygen atoms in total. The summed E-state index contributed by atoms with van der Waals surface area (Å²) < 4.78 is 2.35. The van der Waals surface area contributed by atoms with Crippen molar-refractivity contribution in [2.24, 2.45) is 17.3 Å². The monoisotopic (exact) mass is 431 g/mol. The van der Waals surface area contributed by atoms with E-state index in [1.807, 2.05) is 0 Å². The number of halogens is 1. The molecule has 0 radical (unpaired) electrons. The number of aromatic nitrogens is 2. The third kappa shape index (κ3) is 3.25. The fourth-order valence-corrected chi connectivity index (χ4v) is 8.13. The number of nitrogens with one attached hydrogen (secondary N) is 1. The number of alkyl halides is 1. The van der Waals surface area contributed by atoms with Crippen LogP contribution in [0.5, 0.6) is 0 Å². The number of carbonyl (C=O) groups excluding carboxylic acids is 1. The van der Waals surface area contributed by atoms with Gasteiger partial charge in [0.1, 0.15) is 0 Å². The molecule has 29 heavy (non-hydrogen) atoms. The quantitative estimate of drug-likeness (QED) is 0.576. The van der Waals surface area contributed by atoms with Crippen molar-refractivity contribution in [2.75, 3.05) is 5.32 Å². The molecule has 4 aliphatic rings. The smallest absolute Gasteiger partial charge is 0.232 e. The first-order chi connectivity index (χ1) is 13.8. The van der Waals surface area contributed by atoms with E-state index in [-0.39, 0.29) is 16.2 Å². The summed E-state index contributed by atoms with van der Waals surface area (Å²) in [5.74, 6) is 1.39. The van der Waals surface area contributed by atoms with Crippen LogP contribution < -0.4 is 5.32 Å². The van der Waals surface area contributed by atoms with Crippen molar-refractivity contribution < 1.29 is 4.79 Å². The zero-order valence-corrected chi connectivity index (χ0v) is 19.1. The van der Waals surface area contributed by atoms with Crippen molar-refractivity contribution in [3.8, 4) is 11.3 Å². The molecule has 0 spiro atoms. The lowest BCUT2D eigenvalue weighted by Crippen LogP contribution is -2.57. The van der Waals surface area contributed by atoms with Crippen LogP contribution in [0.4, 0.5) is 5.13 Å². The van der Waals surface area contributed by atoms with Gasteiger partial charge in [-0.2, -0.15) is 0 Å². The lowest BCUT2D eigenvalue weighted by atomic mass is 9.49. The SMILES string of the molecule is CCCn1c(C)cc(-c2csc(NC(=O)C34CC5CC(CC(Cl)(C5)C3)C4)n2)c1C. The topological polar surface area (TPSA) is 46.9 Å². The molecule has 4 saturated carbocycles. The Balaban J connectivity index is 1.36. The molecule has 1 N–H and O–H groups in total. The molecular weight excluding hydrogens is 402 g/mol. The van der Waals surface area contributed by atoms with E-state index in [2.05, 4.69) is 42.1 Å². The van der Waals surface area contributed by atoms with Gasteiger partial charge in [-0.1, -0.05) is 6.92 Å². The van der Waals surface area contributed by atoms with Crippen molar-refractivity contribution in [2.45, 2.75) is 77.1 Å². The predicted molar refractivity (Wildman–Crippen MR) is 120 cm³/mol.